The quantitative estimate of drug-likeness (QED) is 0.544. The normalized spacial score (nSPS) is 25.7. The summed E-state index contributed by atoms with van der Waals surface area (Å²) in [7, 11) is 0. The molecule has 1 aliphatic heterocycles. The fourth-order valence-corrected chi connectivity index (χ4v) is 5.58. The summed E-state index contributed by atoms with van der Waals surface area (Å²) < 4.78 is 8.41. The first-order chi connectivity index (χ1) is 15.4. The molecule has 6 nitrogen and oxygen atoms in total. The van der Waals surface area contributed by atoms with E-state index in [0.717, 1.165) is 34.8 Å². The lowest BCUT2D eigenvalue weighted by atomic mass is 9.85. The number of benzene rings is 1. The Hall–Kier alpha value is -2.54. The van der Waals surface area contributed by atoms with Gasteiger partial charge < -0.3 is 19.2 Å². The van der Waals surface area contributed by atoms with Crippen molar-refractivity contribution in [2.75, 3.05) is 0 Å². The van der Waals surface area contributed by atoms with Crippen LogP contribution in [0.4, 0.5) is 0 Å². The fraction of sp³-hybridized carbons (Fsp3) is 0.440. The number of amides is 2. The molecule has 2 aromatic heterocycles. The summed E-state index contributed by atoms with van der Waals surface area (Å²) in [6.45, 7) is 4.82. The van der Waals surface area contributed by atoms with Gasteiger partial charge in [-0.15, -0.1) is 0 Å². The number of nitrogens with zero attached hydrogens (tertiary/aromatic N) is 2. The molecule has 2 amide bonds. The molecule has 3 aromatic rings. The molecule has 2 aliphatic rings. The van der Waals surface area contributed by atoms with Crippen LogP contribution in [0.5, 0.6) is 0 Å². The van der Waals surface area contributed by atoms with Crippen LogP contribution in [0.2, 0.25) is 0 Å². The van der Waals surface area contributed by atoms with Gasteiger partial charge in [-0.3, -0.25) is 9.59 Å². The first-order valence-corrected chi connectivity index (χ1v) is 12.1. The van der Waals surface area contributed by atoms with E-state index in [1.807, 2.05) is 41.8 Å². The Labute approximate surface area is 196 Å². The zero-order valence-electron chi connectivity index (χ0n) is 18.4. The minimum Gasteiger partial charge on any atom is -0.463 e. The number of furan rings is 1. The first kappa shape index (κ1) is 21.3. The van der Waals surface area contributed by atoms with Crippen molar-refractivity contribution in [3.8, 4) is 0 Å². The van der Waals surface area contributed by atoms with E-state index in [-0.39, 0.29) is 17.9 Å². The molecule has 168 valence electrons. The highest BCUT2D eigenvalue weighted by molar-refractivity contribution is 9.10. The molecule has 0 radical (unpaired) electrons. The standard InChI is InChI=1S/C25H28BrN3O3/c1-16-7-3-6-10-19(16)27-24(31)25(2)15-28-20-11-12-32-22(20)13-21(28)23(30)29(25)14-17-8-4-5-9-18(17)26/h4-5,8-9,11-13,16,19H,3,6-7,10,14-15H2,1-2H3,(H,27,31). The molecule has 5 rings (SSSR count). The third kappa shape index (κ3) is 3.47. The Bertz CT molecular complexity index is 1180. The second-order valence-corrected chi connectivity index (χ2v) is 10.2. The van der Waals surface area contributed by atoms with Crippen molar-refractivity contribution in [3.63, 3.8) is 0 Å². The average Bonchev–Trinajstić information content (AvgIpc) is 3.36. The van der Waals surface area contributed by atoms with Crippen LogP contribution in [0.25, 0.3) is 11.1 Å². The number of fused-ring (bicyclic) bond motifs is 3. The molecule has 1 fully saturated rings. The van der Waals surface area contributed by atoms with E-state index in [0.29, 0.717) is 30.3 Å². The third-order valence-electron chi connectivity index (χ3n) is 7.25. The average molecular weight is 498 g/mol. The maximum atomic E-state index is 13.8. The highest BCUT2D eigenvalue weighted by Gasteiger charge is 2.48. The van der Waals surface area contributed by atoms with Gasteiger partial charge in [0.15, 0.2) is 5.58 Å². The van der Waals surface area contributed by atoms with Crippen molar-refractivity contribution in [1.29, 1.82) is 0 Å². The second kappa shape index (κ2) is 8.10. The summed E-state index contributed by atoms with van der Waals surface area (Å²) >= 11 is 3.60. The smallest absolute Gasteiger partial charge is 0.271 e. The summed E-state index contributed by atoms with van der Waals surface area (Å²) in [4.78, 5) is 29.3. The Morgan fingerprint density at radius 1 is 1.25 bits per heavy atom. The van der Waals surface area contributed by atoms with E-state index in [4.69, 9.17) is 4.42 Å². The second-order valence-electron chi connectivity index (χ2n) is 9.38. The number of hydrogen-bond donors (Lipinski definition) is 1. The van der Waals surface area contributed by atoms with Crippen molar-refractivity contribution in [2.24, 2.45) is 5.92 Å². The maximum absolute atomic E-state index is 13.8. The summed E-state index contributed by atoms with van der Waals surface area (Å²) in [6, 6.07) is 11.6. The van der Waals surface area contributed by atoms with Crippen molar-refractivity contribution < 1.29 is 14.0 Å². The van der Waals surface area contributed by atoms with Gasteiger partial charge in [0.2, 0.25) is 5.91 Å². The maximum Gasteiger partial charge on any atom is 0.271 e. The Balaban J connectivity index is 1.54. The van der Waals surface area contributed by atoms with Crippen LogP contribution in [0, 0.1) is 5.92 Å². The molecule has 0 bridgehead atoms. The molecule has 1 aromatic carbocycles. The molecule has 32 heavy (non-hydrogen) atoms. The van der Waals surface area contributed by atoms with Crippen LogP contribution in [-0.4, -0.2) is 32.9 Å². The van der Waals surface area contributed by atoms with Gasteiger partial charge in [-0.1, -0.05) is 53.9 Å². The van der Waals surface area contributed by atoms with Crippen LogP contribution >= 0.6 is 15.9 Å². The third-order valence-corrected chi connectivity index (χ3v) is 8.03. The Morgan fingerprint density at radius 3 is 2.81 bits per heavy atom. The van der Waals surface area contributed by atoms with E-state index in [1.54, 1.807) is 17.2 Å². The summed E-state index contributed by atoms with van der Waals surface area (Å²) in [5, 5.41) is 3.31. The van der Waals surface area contributed by atoms with E-state index < -0.39 is 5.54 Å². The van der Waals surface area contributed by atoms with Gasteiger partial charge >= 0.3 is 0 Å². The molecular formula is C25H28BrN3O3. The van der Waals surface area contributed by atoms with E-state index in [2.05, 4.69) is 28.2 Å². The number of halogens is 1. The fourth-order valence-electron chi connectivity index (χ4n) is 5.17. The topological polar surface area (TPSA) is 67.5 Å². The molecule has 7 heteroatoms. The minimum absolute atomic E-state index is 0.0901. The van der Waals surface area contributed by atoms with Crippen LogP contribution < -0.4 is 5.32 Å². The molecule has 1 N–H and O–H groups in total. The molecule has 0 spiro atoms. The van der Waals surface area contributed by atoms with Crippen molar-refractivity contribution >= 4 is 38.8 Å². The highest BCUT2D eigenvalue weighted by Crippen LogP contribution is 2.35. The number of carbonyl (C=O) groups is 2. The van der Waals surface area contributed by atoms with E-state index >= 15 is 0 Å². The zero-order valence-corrected chi connectivity index (χ0v) is 20.0. The van der Waals surface area contributed by atoms with Crippen LogP contribution in [0.15, 0.2) is 51.6 Å². The number of carbonyl (C=O) groups excluding carboxylic acids is 2. The molecular weight excluding hydrogens is 470 g/mol. The number of nitrogens with one attached hydrogen (secondary N) is 1. The van der Waals surface area contributed by atoms with Crippen LogP contribution in [-0.2, 0) is 17.9 Å². The van der Waals surface area contributed by atoms with Gasteiger partial charge in [-0.2, -0.15) is 0 Å². The molecule has 1 aliphatic carbocycles. The van der Waals surface area contributed by atoms with Gasteiger partial charge in [0.25, 0.3) is 5.91 Å². The molecule has 1 saturated carbocycles. The number of rotatable bonds is 4. The summed E-state index contributed by atoms with van der Waals surface area (Å²) in [5.74, 6) is 0.190. The number of aromatic nitrogens is 1. The predicted octanol–water partition coefficient (Wildman–Crippen LogP) is 5.11. The molecule has 0 saturated heterocycles. The molecule has 3 atom stereocenters. The first-order valence-electron chi connectivity index (χ1n) is 11.3. The van der Waals surface area contributed by atoms with Gasteiger partial charge in [0.05, 0.1) is 18.3 Å². The Kier molecular flexibility index (Phi) is 5.40. The zero-order chi connectivity index (χ0) is 22.5. The summed E-state index contributed by atoms with van der Waals surface area (Å²) in [5.41, 5.74) is 2.01. The van der Waals surface area contributed by atoms with Crippen molar-refractivity contribution in [2.45, 2.75) is 64.2 Å². The van der Waals surface area contributed by atoms with Crippen LogP contribution in [0.3, 0.4) is 0 Å². The lowest BCUT2D eigenvalue weighted by Crippen LogP contribution is -2.65. The van der Waals surface area contributed by atoms with Crippen LogP contribution in [0.1, 0.15) is 55.6 Å². The molecule has 3 heterocycles. The minimum atomic E-state index is -1.03. The monoisotopic (exact) mass is 497 g/mol. The van der Waals surface area contributed by atoms with Gasteiger partial charge in [0.1, 0.15) is 11.2 Å². The lowest BCUT2D eigenvalue weighted by Gasteiger charge is -2.45. The highest BCUT2D eigenvalue weighted by atomic mass is 79.9. The Morgan fingerprint density at radius 2 is 2.03 bits per heavy atom. The summed E-state index contributed by atoms with van der Waals surface area (Å²) in [6.07, 6.45) is 6.07. The number of hydrogen-bond acceptors (Lipinski definition) is 3. The van der Waals surface area contributed by atoms with Crippen molar-refractivity contribution in [3.05, 3.63) is 58.4 Å². The van der Waals surface area contributed by atoms with Gasteiger partial charge in [-0.25, -0.2) is 0 Å². The largest absolute Gasteiger partial charge is 0.463 e. The lowest BCUT2D eigenvalue weighted by molar-refractivity contribution is -0.134. The van der Waals surface area contributed by atoms with E-state index in [9.17, 15) is 9.59 Å². The molecule has 3 unspecified atom stereocenters. The van der Waals surface area contributed by atoms with Gasteiger partial charge in [-0.05, 0) is 37.3 Å². The van der Waals surface area contributed by atoms with E-state index in [1.165, 1.54) is 6.42 Å². The van der Waals surface area contributed by atoms with Crippen molar-refractivity contribution in [1.82, 2.24) is 14.8 Å². The predicted molar refractivity (Wildman–Crippen MR) is 126 cm³/mol. The van der Waals surface area contributed by atoms with Gasteiger partial charge in [0, 0.05) is 29.2 Å². The SMILES string of the molecule is CC1CCCCC1NC(=O)C1(C)Cn2c(cc3occc32)C(=O)N1Cc1ccccc1Br.